The van der Waals surface area contributed by atoms with E-state index in [1.165, 1.54) is 29.9 Å². The molecule has 4 heterocycles. The van der Waals surface area contributed by atoms with E-state index in [1.807, 2.05) is 13.8 Å². The summed E-state index contributed by atoms with van der Waals surface area (Å²) in [7, 11) is 1.57. The standard InChI is InChI=1S/C22H21F3N6O2S/c1-4-17-30-19-18(12(2)33-3)14(11-27-21(19)34-17)9-15(32)7-13-8-16(22(23,24)25)20(26-10-13)31-28-5-6-29-31/h5-6,8,10-12H,4,7,9H2,1-3H3. The van der Waals surface area contributed by atoms with Gasteiger partial charge in [-0.05, 0) is 30.5 Å². The summed E-state index contributed by atoms with van der Waals surface area (Å²) in [6, 6.07) is 0.914. The zero-order chi connectivity index (χ0) is 24.5. The second kappa shape index (κ2) is 9.55. The number of carbonyl (C=O) groups excluding carboxylic acids is 1. The lowest BCUT2D eigenvalue weighted by atomic mass is 9.97. The lowest BCUT2D eigenvalue weighted by Gasteiger charge is -2.15. The zero-order valence-electron chi connectivity index (χ0n) is 18.6. The number of ether oxygens (including phenoxy) is 1. The predicted molar refractivity (Wildman–Crippen MR) is 119 cm³/mol. The second-order valence-electron chi connectivity index (χ2n) is 7.61. The van der Waals surface area contributed by atoms with Crippen molar-refractivity contribution in [2.45, 2.75) is 45.4 Å². The summed E-state index contributed by atoms with van der Waals surface area (Å²) in [5, 5.41) is 8.38. The Bertz CT molecular complexity index is 1320. The molecule has 12 heteroatoms. The summed E-state index contributed by atoms with van der Waals surface area (Å²) in [6.07, 6.45) is 0.867. The van der Waals surface area contributed by atoms with E-state index in [0.717, 1.165) is 32.7 Å². The first kappa shape index (κ1) is 23.9. The number of carbonyl (C=O) groups is 1. The van der Waals surface area contributed by atoms with Gasteiger partial charge in [0, 0.05) is 37.9 Å². The summed E-state index contributed by atoms with van der Waals surface area (Å²) in [4.78, 5) is 27.4. The van der Waals surface area contributed by atoms with Crippen LogP contribution in [0.2, 0.25) is 0 Å². The minimum atomic E-state index is -4.69. The second-order valence-corrected chi connectivity index (χ2v) is 8.68. The molecule has 4 aromatic rings. The average molecular weight is 491 g/mol. The van der Waals surface area contributed by atoms with Crippen LogP contribution in [0.15, 0.2) is 30.9 Å². The number of methoxy groups -OCH3 is 1. The molecule has 8 nitrogen and oxygen atoms in total. The summed E-state index contributed by atoms with van der Waals surface area (Å²) < 4.78 is 46.4. The fourth-order valence-electron chi connectivity index (χ4n) is 3.63. The van der Waals surface area contributed by atoms with Gasteiger partial charge in [0.1, 0.15) is 21.7 Å². The van der Waals surface area contributed by atoms with Crippen LogP contribution in [-0.4, -0.2) is 42.8 Å². The molecule has 0 N–H and O–H groups in total. The van der Waals surface area contributed by atoms with Gasteiger partial charge in [0.15, 0.2) is 5.82 Å². The van der Waals surface area contributed by atoms with Crippen LogP contribution in [0.5, 0.6) is 0 Å². The molecule has 0 saturated heterocycles. The SMILES string of the molecule is CCc1nc2c(C(C)OC)c(CC(=O)Cc3cnc(-n4nccn4)c(C(F)(F)F)c3)cnc2s1. The molecule has 4 aromatic heterocycles. The maximum Gasteiger partial charge on any atom is 0.420 e. The van der Waals surface area contributed by atoms with E-state index in [9.17, 15) is 18.0 Å². The van der Waals surface area contributed by atoms with Crippen molar-refractivity contribution < 1.29 is 22.7 Å². The van der Waals surface area contributed by atoms with Crippen LogP contribution in [0.4, 0.5) is 13.2 Å². The van der Waals surface area contributed by atoms with Crippen LogP contribution in [0.25, 0.3) is 16.2 Å². The van der Waals surface area contributed by atoms with Crippen molar-refractivity contribution in [2.75, 3.05) is 7.11 Å². The van der Waals surface area contributed by atoms with Gasteiger partial charge in [0.25, 0.3) is 0 Å². The molecular weight excluding hydrogens is 469 g/mol. The molecule has 0 saturated carbocycles. The Morgan fingerprint density at radius 1 is 1.18 bits per heavy atom. The van der Waals surface area contributed by atoms with Crippen molar-refractivity contribution in [1.82, 2.24) is 29.9 Å². The topological polar surface area (TPSA) is 95.7 Å². The Morgan fingerprint density at radius 2 is 1.91 bits per heavy atom. The highest BCUT2D eigenvalue weighted by Crippen LogP contribution is 2.34. The molecular formula is C22H21F3N6O2S. The van der Waals surface area contributed by atoms with Gasteiger partial charge in [-0.1, -0.05) is 18.3 Å². The monoisotopic (exact) mass is 490 g/mol. The van der Waals surface area contributed by atoms with E-state index in [0.29, 0.717) is 11.1 Å². The summed E-state index contributed by atoms with van der Waals surface area (Å²) in [5.41, 5.74) is 1.23. The van der Waals surface area contributed by atoms with Gasteiger partial charge in [-0.15, -0.1) is 4.80 Å². The molecule has 0 aromatic carbocycles. The first-order valence-electron chi connectivity index (χ1n) is 10.5. The first-order chi connectivity index (χ1) is 16.2. The van der Waals surface area contributed by atoms with Crippen molar-refractivity contribution in [2.24, 2.45) is 0 Å². The number of aromatic nitrogens is 6. The van der Waals surface area contributed by atoms with E-state index in [-0.39, 0.29) is 30.3 Å². The highest BCUT2D eigenvalue weighted by atomic mass is 32.1. The number of hydrogen-bond acceptors (Lipinski definition) is 8. The molecule has 0 aliphatic carbocycles. The average Bonchev–Trinajstić information content (AvgIpc) is 3.47. The molecule has 1 atom stereocenters. The molecule has 0 spiro atoms. The van der Waals surface area contributed by atoms with Crippen LogP contribution >= 0.6 is 11.3 Å². The quantitative estimate of drug-likeness (QED) is 0.363. The normalized spacial score (nSPS) is 12.9. The van der Waals surface area contributed by atoms with Crippen molar-refractivity contribution in [3.63, 3.8) is 0 Å². The van der Waals surface area contributed by atoms with Crippen molar-refractivity contribution in [1.29, 1.82) is 0 Å². The molecule has 34 heavy (non-hydrogen) atoms. The van der Waals surface area contributed by atoms with Gasteiger partial charge in [-0.2, -0.15) is 23.4 Å². The number of nitrogens with zero attached hydrogens (tertiary/aromatic N) is 6. The van der Waals surface area contributed by atoms with Crippen LogP contribution in [0.1, 0.15) is 47.2 Å². The highest BCUT2D eigenvalue weighted by molar-refractivity contribution is 7.18. The summed E-state index contributed by atoms with van der Waals surface area (Å²) in [5.74, 6) is -0.730. The third-order valence-electron chi connectivity index (χ3n) is 5.28. The number of rotatable bonds is 8. The number of fused-ring (bicyclic) bond motifs is 1. The van der Waals surface area contributed by atoms with E-state index in [2.05, 4.69) is 25.1 Å². The van der Waals surface area contributed by atoms with E-state index in [4.69, 9.17) is 4.74 Å². The third-order valence-corrected chi connectivity index (χ3v) is 6.39. The number of ketones is 1. The molecule has 0 bridgehead atoms. The Labute approximate surface area is 196 Å². The van der Waals surface area contributed by atoms with Gasteiger partial charge in [0.05, 0.1) is 23.5 Å². The fraction of sp³-hybridized carbons (Fsp3) is 0.364. The third kappa shape index (κ3) is 4.82. The molecule has 1 unspecified atom stereocenters. The van der Waals surface area contributed by atoms with Crippen molar-refractivity contribution >= 4 is 27.5 Å². The summed E-state index contributed by atoms with van der Waals surface area (Å²) in [6.45, 7) is 3.85. The Morgan fingerprint density at radius 3 is 2.56 bits per heavy atom. The summed E-state index contributed by atoms with van der Waals surface area (Å²) >= 11 is 1.48. The van der Waals surface area contributed by atoms with Gasteiger partial charge in [0.2, 0.25) is 0 Å². The largest absolute Gasteiger partial charge is 0.420 e. The van der Waals surface area contributed by atoms with E-state index < -0.39 is 17.6 Å². The molecule has 0 amide bonds. The maximum absolute atomic E-state index is 13.6. The fourth-order valence-corrected chi connectivity index (χ4v) is 4.50. The first-order valence-corrected chi connectivity index (χ1v) is 11.3. The van der Waals surface area contributed by atoms with Gasteiger partial charge < -0.3 is 4.74 Å². The number of halogens is 3. The number of aryl methyl sites for hydroxylation is 1. The van der Waals surface area contributed by atoms with Gasteiger partial charge in [-0.25, -0.2) is 15.0 Å². The lowest BCUT2D eigenvalue weighted by molar-refractivity contribution is -0.138. The van der Waals surface area contributed by atoms with Crippen LogP contribution in [0, 0.1) is 0 Å². The maximum atomic E-state index is 13.6. The number of hydrogen-bond donors (Lipinski definition) is 0. The number of pyridine rings is 2. The van der Waals surface area contributed by atoms with Crippen LogP contribution in [-0.2, 0) is 35.0 Å². The number of alkyl halides is 3. The molecule has 0 radical (unpaired) electrons. The van der Waals surface area contributed by atoms with Crippen molar-refractivity contribution in [3.05, 3.63) is 58.1 Å². The molecule has 0 fully saturated rings. The smallest absolute Gasteiger partial charge is 0.377 e. The molecule has 178 valence electrons. The van der Waals surface area contributed by atoms with Gasteiger partial charge in [-0.3, -0.25) is 4.79 Å². The lowest BCUT2D eigenvalue weighted by Crippen LogP contribution is -2.16. The zero-order valence-corrected chi connectivity index (χ0v) is 19.4. The highest BCUT2D eigenvalue weighted by Gasteiger charge is 2.36. The Hall–Kier alpha value is -3.25. The molecule has 0 aliphatic rings. The minimum Gasteiger partial charge on any atom is -0.377 e. The molecule has 0 aliphatic heterocycles. The molecule has 4 rings (SSSR count). The Kier molecular flexibility index (Phi) is 6.71. The van der Waals surface area contributed by atoms with Crippen LogP contribution in [0.3, 0.4) is 0 Å². The van der Waals surface area contributed by atoms with E-state index in [1.54, 1.807) is 13.3 Å². The van der Waals surface area contributed by atoms with Crippen LogP contribution < -0.4 is 0 Å². The van der Waals surface area contributed by atoms with Gasteiger partial charge >= 0.3 is 6.18 Å². The predicted octanol–water partition coefficient (Wildman–Crippen LogP) is 4.31. The minimum absolute atomic E-state index is 0.0191. The number of thiazole rings is 1. The van der Waals surface area contributed by atoms with Crippen molar-refractivity contribution in [3.8, 4) is 5.82 Å². The number of Topliss-reactive ketones (excluding diaryl/α,β-unsaturated/α-hetero) is 1. The van der Waals surface area contributed by atoms with E-state index >= 15 is 0 Å². The Balaban J connectivity index is 1.63.